The SMILES string of the molecule is COCCOC(=O)N1CCC[C@@H](c2cccc(OC(C)(C)C(=O)O)c2)C1. The van der Waals surface area contributed by atoms with Gasteiger partial charge in [-0.3, -0.25) is 0 Å². The molecule has 1 amide bonds. The third-order valence-electron chi connectivity index (χ3n) is 4.41. The lowest BCUT2D eigenvalue weighted by Gasteiger charge is -2.32. The molecular formula is C19H27NO6. The van der Waals surface area contributed by atoms with Gasteiger partial charge in [-0.05, 0) is 44.4 Å². The van der Waals surface area contributed by atoms with Crippen LogP contribution in [-0.4, -0.2) is 61.1 Å². The molecule has 1 aliphatic heterocycles. The molecule has 2 rings (SSSR count). The van der Waals surface area contributed by atoms with E-state index in [-0.39, 0.29) is 18.6 Å². The molecular weight excluding hydrogens is 338 g/mol. The number of carbonyl (C=O) groups excluding carboxylic acids is 1. The topological polar surface area (TPSA) is 85.3 Å². The summed E-state index contributed by atoms with van der Waals surface area (Å²) >= 11 is 0. The van der Waals surface area contributed by atoms with Crippen molar-refractivity contribution in [2.45, 2.75) is 38.2 Å². The summed E-state index contributed by atoms with van der Waals surface area (Å²) in [6.45, 7) is 4.88. The average molecular weight is 365 g/mol. The van der Waals surface area contributed by atoms with E-state index in [0.29, 0.717) is 25.4 Å². The summed E-state index contributed by atoms with van der Waals surface area (Å²) in [5, 5.41) is 9.21. The quantitative estimate of drug-likeness (QED) is 0.748. The second-order valence-corrected chi connectivity index (χ2v) is 6.88. The average Bonchev–Trinajstić information content (AvgIpc) is 2.61. The zero-order chi connectivity index (χ0) is 19.2. The predicted octanol–water partition coefficient (Wildman–Crippen LogP) is 2.89. The third kappa shape index (κ3) is 5.36. The molecule has 7 nitrogen and oxygen atoms in total. The van der Waals surface area contributed by atoms with Crippen LogP contribution in [0.4, 0.5) is 4.79 Å². The molecule has 0 aromatic heterocycles. The molecule has 1 aromatic rings. The van der Waals surface area contributed by atoms with E-state index < -0.39 is 11.6 Å². The van der Waals surface area contributed by atoms with Crippen molar-refractivity contribution in [3.05, 3.63) is 29.8 Å². The van der Waals surface area contributed by atoms with Crippen molar-refractivity contribution in [1.82, 2.24) is 4.90 Å². The molecule has 1 atom stereocenters. The van der Waals surface area contributed by atoms with Crippen LogP contribution >= 0.6 is 0 Å². The first-order valence-corrected chi connectivity index (χ1v) is 8.76. The summed E-state index contributed by atoms with van der Waals surface area (Å²) < 4.78 is 15.7. The fourth-order valence-electron chi connectivity index (χ4n) is 2.89. The molecule has 7 heteroatoms. The summed E-state index contributed by atoms with van der Waals surface area (Å²) in [5.41, 5.74) is -0.277. The van der Waals surface area contributed by atoms with Crippen molar-refractivity contribution >= 4 is 12.1 Å². The van der Waals surface area contributed by atoms with Crippen molar-refractivity contribution in [2.24, 2.45) is 0 Å². The van der Waals surface area contributed by atoms with Gasteiger partial charge < -0.3 is 24.2 Å². The number of amides is 1. The van der Waals surface area contributed by atoms with Crippen LogP contribution in [-0.2, 0) is 14.3 Å². The largest absolute Gasteiger partial charge is 0.478 e. The van der Waals surface area contributed by atoms with E-state index in [2.05, 4.69) is 0 Å². The standard InChI is InChI=1S/C19H27NO6/c1-19(2,17(21)22)26-16-8-4-6-14(12-16)15-7-5-9-20(13-15)18(23)25-11-10-24-3/h4,6,8,12,15H,5,7,9-11,13H2,1-3H3,(H,21,22)/t15-/m1/s1. The van der Waals surface area contributed by atoms with Crippen LogP contribution < -0.4 is 4.74 Å². The number of benzene rings is 1. The summed E-state index contributed by atoms with van der Waals surface area (Å²) in [6, 6.07) is 7.42. The van der Waals surface area contributed by atoms with Gasteiger partial charge in [-0.15, -0.1) is 0 Å². The molecule has 26 heavy (non-hydrogen) atoms. The summed E-state index contributed by atoms with van der Waals surface area (Å²) in [4.78, 5) is 25.1. The zero-order valence-electron chi connectivity index (χ0n) is 15.6. The lowest BCUT2D eigenvalue weighted by atomic mass is 9.90. The molecule has 0 saturated carbocycles. The van der Waals surface area contributed by atoms with E-state index in [1.165, 1.54) is 13.8 Å². The maximum Gasteiger partial charge on any atom is 0.409 e. The summed E-state index contributed by atoms with van der Waals surface area (Å²) in [7, 11) is 1.56. The van der Waals surface area contributed by atoms with Crippen LogP contribution in [0, 0.1) is 0 Å². The minimum atomic E-state index is -1.30. The van der Waals surface area contributed by atoms with Crippen molar-refractivity contribution in [3.8, 4) is 5.75 Å². The number of ether oxygens (including phenoxy) is 3. The number of aliphatic carboxylic acids is 1. The Morgan fingerprint density at radius 1 is 1.31 bits per heavy atom. The molecule has 0 spiro atoms. The van der Waals surface area contributed by atoms with Crippen LogP contribution in [0.3, 0.4) is 0 Å². The zero-order valence-corrected chi connectivity index (χ0v) is 15.6. The van der Waals surface area contributed by atoms with Crippen molar-refractivity contribution in [3.63, 3.8) is 0 Å². The molecule has 144 valence electrons. The van der Waals surface area contributed by atoms with Gasteiger partial charge in [-0.25, -0.2) is 9.59 Å². The lowest BCUT2D eigenvalue weighted by Crippen LogP contribution is -2.40. The second-order valence-electron chi connectivity index (χ2n) is 6.88. The van der Waals surface area contributed by atoms with Gasteiger partial charge in [0.05, 0.1) is 6.61 Å². The van der Waals surface area contributed by atoms with Gasteiger partial charge in [-0.1, -0.05) is 12.1 Å². The second kappa shape index (κ2) is 8.89. The molecule has 1 saturated heterocycles. The lowest BCUT2D eigenvalue weighted by molar-refractivity contribution is -0.152. The van der Waals surface area contributed by atoms with Crippen LogP contribution in [0.5, 0.6) is 5.75 Å². The van der Waals surface area contributed by atoms with Gasteiger partial charge in [0.2, 0.25) is 0 Å². The Bertz CT molecular complexity index is 630. The van der Waals surface area contributed by atoms with Gasteiger partial charge in [0.15, 0.2) is 5.60 Å². The number of rotatable bonds is 7. The van der Waals surface area contributed by atoms with Crippen LogP contribution in [0.1, 0.15) is 38.2 Å². The number of carboxylic acid groups (broad SMARTS) is 1. The Kier molecular flexibility index (Phi) is 6.85. The normalized spacial score (nSPS) is 17.7. The first kappa shape index (κ1) is 20.0. The Morgan fingerprint density at radius 2 is 2.08 bits per heavy atom. The van der Waals surface area contributed by atoms with Gasteiger partial charge in [0.1, 0.15) is 12.4 Å². The Morgan fingerprint density at radius 3 is 2.77 bits per heavy atom. The molecule has 1 aliphatic rings. The number of likely N-dealkylation sites (tertiary alicyclic amines) is 1. The predicted molar refractivity (Wildman–Crippen MR) is 95.6 cm³/mol. The fourth-order valence-corrected chi connectivity index (χ4v) is 2.89. The maximum absolute atomic E-state index is 12.1. The van der Waals surface area contributed by atoms with Gasteiger partial charge >= 0.3 is 12.1 Å². The van der Waals surface area contributed by atoms with Gasteiger partial charge in [0.25, 0.3) is 0 Å². The van der Waals surface area contributed by atoms with E-state index in [1.807, 2.05) is 18.2 Å². The van der Waals surface area contributed by atoms with E-state index in [4.69, 9.17) is 14.2 Å². The van der Waals surface area contributed by atoms with E-state index >= 15 is 0 Å². The molecule has 0 bridgehead atoms. The van der Waals surface area contributed by atoms with Crippen LogP contribution in [0.25, 0.3) is 0 Å². The molecule has 0 radical (unpaired) electrons. The highest BCUT2D eigenvalue weighted by Crippen LogP contribution is 2.30. The Hall–Kier alpha value is -2.28. The van der Waals surface area contributed by atoms with Gasteiger partial charge in [0, 0.05) is 26.1 Å². The highest BCUT2D eigenvalue weighted by Gasteiger charge is 2.30. The number of carboxylic acids is 1. The van der Waals surface area contributed by atoms with Crippen molar-refractivity contribution in [2.75, 3.05) is 33.4 Å². The van der Waals surface area contributed by atoms with E-state index in [1.54, 1.807) is 18.1 Å². The highest BCUT2D eigenvalue weighted by atomic mass is 16.6. The van der Waals surface area contributed by atoms with Crippen LogP contribution in [0.2, 0.25) is 0 Å². The van der Waals surface area contributed by atoms with Gasteiger partial charge in [-0.2, -0.15) is 0 Å². The number of nitrogens with zero attached hydrogens (tertiary/aromatic N) is 1. The van der Waals surface area contributed by atoms with E-state index in [9.17, 15) is 14.7 Å². The highest BCUT2D eigenvalue weighted by molar-refractivity contribution is 5.76. The number of hydrogen-bond acceptors (Lipinski definition) is 5. The maximum atomic E-state index is 12.1. The molecule has 1 heterocycles. The summed E-state index contributed by atoms with van der Waals surface area (Å²) in [6.07, 6.45) is 1.51. The molecule has 1 aromatic carbocycles. The summed E-state index contributed by atoms with van der Waals surface area (Å²) in [5.74, 6) is -0.351. The monoisotopic (exact) mass is 365 g/mol. The Balaban J connectivity index is 2.02. The molecule has 0 unspecified atom stereocenters. The number of hydrogen-bond donors (Lipinski definition) is 1. The first-order valence-electron chi connectivity index (χ1n) is 8.76. The third-order valence-corrected chi connectivity index (χ3v) is 4.41. The first-order chi connectivity index (χ1) is 12.3. The number of piperidine rings is 1. The minimum Gasteiger partial charge on any atom is -0.478 e. The van der Waals surface area contributed by atoms with Crippen LogP contribution in [0.15, 0.2) is 24.3 Å². The Labute approximate surface area is 153 Å². The molecule has 1 fully saturated rings. The van der Waals surface area contributed by atoms with Crippen molar-refractivity contribution < 1.29 is 28.9 Å². The number of methoxy groups -OCH3 is 1. The minimum absolute atomic E-state index is 0.162. The number of carbonyl (C=O) groups is 2. The fraction of sp³-hybridized carbons (Fsp3) is 0.579. The van der Waals surface area contributed by atoms with Crippen molar-refractivity contribution in [1.29, 1.82) is 0 Å². The van der Waals surface area contributed by atoms with E-state index in [0.717, 1.165) is 18.4 Å². The smallest absolute Gasteiger partial charge is 0.409 e. The molecule has 0 aliphatic carbocycles. The molecule has 1 N–H and O–H groups in total.